The largest absolute Gasteiger partial charge is 0.497 e. The quantitative estimate of drug-likeness (QED) is 0.258. The third-order valence-electron chi connectivity index (χ3n) is 5.93. The zero-order valence-corrected chi connectivity index (χ0v) is 18.8. The van der Waals surface area contributed by atoms with Crippen LogP contribution in [0.3, 0.4) is 0 Å². The van der Waals surface area contributed by atoms with Gasteiger partial charge in [0.25, 0.3) is 5.91 Å². The molecule has 0 saturated heterocycles. The van der Waals surface area contributed by atoms with Crippen molar-refractivity contribution in [1.82, 2.24) is 4.98 Å². The fourth-order valence-electron chi connectivity index (χ4n) is 4.42. The number of para-hydroxylation sites is 1. The molecule has 0 radical (unpaired) electrons. The van der Waals surface area contributed by atoms with E-state index in [9.17, 15) is 4.79 Å². The molecule has 1 aromatic heterocycles. The number of halogens is 1. The second-order valence-corrected chi connectivity index (χ2v) is 8.65. The van der Waals surface area contributed by atoms with E-state index in [-0.39, 0.29) is 5.91 Å². The van der Waals surface area contributed by atoms with Crippen molar-refractivity contribution in [2.75, 3.05) is 12.0 Å². The van der Waals surface area contributed by atoms with E-state index >= 15 is 0 Å². The Labute approximate surface area is 193 Å². The number of anilines is 2. The SMILES string of the molecule is COc1ccc(-c2cc3c4c(c5ccccc5nc4c2)C(=O)N3c2ccc(Br)cc2)cc1. The highest BCUT2D eigenvalue weighted by molar-refractivity contribution is 9.10. The number of carbonyl (C=O) groups is 1. The van der Waals surface area contributed by atoms with Crippen molar-refractivity contribution in [1.29, 1.82) is 0 Å². The zero-order valence-electron chi connectivity index (χ0n) is 17.2. The molecule has 1 aliphatic heterocycles. The smallest absolute Gasteiger partial charge is 0.264 e. The summed E-state index contributed by atoms with van der Waals surface area (Å²) in [4.78, 5) is 20.5. The maximum atomic E-state index is 13.8. The van der Waals surface area contributed by atoms with Gasteiger partial charge in [0.2, 0.25) is 0 Å². The Morgan fingerprint density at radius 2 is 1.59 bits per heavy atom. The van der Waals surface area contributed by atoms with E-state index in [1.54, 1.807) is 12.0 Å². The topological polar surface area (TPSA) is 42.4 Å². The lowest BCUT2D eigenvalue weighted by atomic mass is 9.99. The van der Waals surface area contributed by atoms with E-state index < -0.39 is 0 Å². The van der Waals surface area contributed by atoms with Gasteiger partial charge in [-0.15, -0.1) is 0 Å². The van der Waals surface area contributed by atoms with Gasteiger partial charge in [-0.3, -0.25) is 9.69 Å². The number of amides is 1. The molecule has 5 heteroatoms. The molecule has 0 spiro atoms. The summed E-state index contributed by atoms with van der Waals surface area (Å²) in [5.41, 5.74) is 6.07. The number of nitrogens with zero attached hydrogens (tertiary/aromatic N) is 2. The van der Waals surface area contributed by atoms with E-state index in [1.165, 1.54) is 0 Å². The molecular formula is C27H17BrN2O2. The lowest BCUT2D eigenvalue weighted by molar-refractivity contribution is 0.101. The Bertz CT molecular complexity index is 1530. The second-order valence-electron chi connectivity index (χ2n) is 7.74. The summed E-state index contributed by atoms with van der Waals surface area (Å²) in [6.45, 7) is 0. The van der Waals surface area contributed by atoms with Gasteiger partial charge in [-0.25, -0.2) is 4.98 Å². The molecule has 0 saturated carbocycles. The van der Waals surface area contributed by atoms with Crippen LogP contribution in [0, 0.1) is 0 Å². The number of rotatable bonds is 3. The highest BCUT2D eigenvalue weighted by Crippen LogP contribution is 2.46. The van der Waals surface area contributed by atoms with Crippen molar-refractivity contribution in [3.63, 3.8) is 0 Å². The van der Waals surface area contributed by atoms with Crippen LogP contribution in [-0.2, 0) is 0 Å². The van der Waals surface area contributed by atoms with Gasteiger partial charge in [-0.05, 0) is 65.7 Å². The number of methoxy groups -OCH3 is 1. The number of hydrogen-bond donors (Lipinski definition) is 0. The molecule has 0 bridgehead atoms. The Morgan fingerprint density at radius 3 is 2.34 bits per heavy atom. The van der Waals surface area contributed by atoms with Crippen molar-refractivity contribution in [3.05, 3.63) is 95.0 Å². The number of benzene rings is 4. The van der Waals surface area contributed by atoms with E-state index in [0.29, 0.717) is 5.56 Å². The summed E-state index contributed by atoms with van der Waals surface area (Å²) in [5, 5.41) is 1.77. The Morgan fingerprint density at radius 1 is 0.844 bits per heavy atom. The zero-order chi connectivity index (χ0) is 21.8. The van der Waals surface area contributed by atoms with Crippen LogP contribution in [0.25, 0.3) is 32.9 Å². The van der Waals surface area contributed by atoms with Gasteiger partial charge in [0.05, 0.1) is 29.4 Å². The Kier molecular flexibility index (Phi) is 4.26. The number of hydrogen-bond acceptors (Lipinski definition) is 3. The Balaban J connectivity index is 1.66. The average Bonchev–Trinajstić information content (AvgIpc) is 3.13. The highest BCUT2D eigenvalue weighted by Gasteiger charge is 2.34. The maximum Gasteiger partial charge on any atom is 0.264 e. The number of carbonyl (C=O) groups excluding carboxylic acids is 1. The first-order chi connectivity index (χ1) is 15.6. The van der Waals surface area contributed by atoms with Gasteiger partial charge in [-0.1, -0.05) is 46.3 Å². The minimum absolute atomic E-state index is 0.0298. The summed E-state index contributed by atoms with van der Waals surface area (Å²) in [6, 6.07) is 27.7. The molecule has 6 rings (SSSR count). The monoisotopic (exact) mass is 480 g/mol. The number of pyridine rings is 1. The normalized spacial score (nSPS) is 12.7. The van der Waals surface area contributed by atoms with Gasteiger partial charge < -0.3 is 4.74 Å². The lowest BCUT2D eigenvalue weighted by Crippen LogP contribution is -2.21. The summed E-state index contributed by atoms with van der Waals surface area (Å²) in [6.07, 6.45) is 0. The van der Waals surface area contributed by atoms with E-state index in [4.69, 9.17) is 9.72 Å². The molecule has 2 heterocycles. The molecule has 4 aromatic carbocycles. The molecule has 154 valence electrons. The van der Waals surface area contributed by atoms with Crippen molar-refractivity contribution in [2.45, 2.75) is 0 Å². The molecule has 0 atom stereocenters. The maximum absolute atomic E-state index is 13.8. The summed E-state index contributed by atoms with van der Waals surface area (Å²) >= 11 is 3.49. The average molecular weight is 481 g/mol. The van der Waals surface area contributed by atoms with E-state index in [2.05, 4.69) is 28.1 Å². The first-order valence-corrected chi connectivity index (χ1v) is 11.0. The van der Waals surface area contributed by atoms with E-state index in [1.807, 2.05) is 72.8 Å². The molecule has 0 aliphatic carbocycles. The summed E-state index contributed by atoms with van der Waals surface area (Å²) < 4.78 is 6.27. The van der Waals surface area contributed by atoms with Gasteiger partial charge in [-0.2, -0.15) is 0 Å². The predicted octanol–water partition coefficient (Wildman–Crippen LogP) is 7.12. The molecular weight excluding hydrogens is 464 g/mol. The van der Waals surface area contributed by atoms with Crippen molar-refractivity contribution >= 4 is 55.0 Å². The van der Waals surface area contributed by atoms with Crippen molar-refractivity contribution < 1.29 is 9.53 Å². The van der Waals surface area contributed by atoms with Crippen LogP contribution in [0.4, 0.5) is 11.4 Å². The summed E-state index contributed by atoms with van der Waals surface area (Å²) in [7, 11) is 1.66. The molecule has 4 nitrogen and oxygen atoms in total. The van der Waals surface area contributed by atoms with Gasteiger partial charge in [0.1, 0.15) is 5.75 Å². The molecule has 1 amide bonds. The van der Waals surface area contributed by atoms with Crippen LogP contribution in [0.1, 0.15) is 10.4 Å². The lowest BCUT2D eigenvalue weighted by Gasteiger charge is -2.19. The van der Waals surface area contributed by atoms with E-state index in [0.717, 1.165) is 54.5 Å². The summed E-state index contributed by atoms with van der Waals surface area (Å²) in [5.74, 6) is 0.773. The van der Waals surface area contributed by atoms with Gasteiger partial charge in [0, 0.05) is 20.9 Å². The standard InChI is InChI=1S/C27H17BrN2O2/c1-32-20-12-6-16(7-13-20)17-14-23-26-24(15-17)30(19-10-8-18(28)9-11-19)27(31)25(26)21-4-2-3-5-22(21)29-23/h2-15H,1H3. The van der Waals surface area contributed by atoms with Crippen molar-refractivity contribution in [3.8, 4) is 16.9 Å². The van der Waals surface area contributed by atoms with Crippen LogP contribution in [-0.4, -0.2) is 18.0 Å². The van der Waals surface area contributed by atoms with Gasteiger partial charge >= 0.3 is 0 Å². The van der Waals surface area contributed by atoms with Crippen LogP contribution < -0.4 is 9.64 Å². The van der Waals surface area contributed by atoms with Crippen LogP contribution in [0.2, 0.25) is 0 Å². The highest BCUT2D eigenvalue weighted by atomic mass is 79.9. The fourth-order valence-corrected chi connectivity index (χ4v) is 4.68. The fraction of sp³-hybridized carbons (Fsp3) is 0.0370. The number of ether oxygens (including phenoxy) is 1. The molecule has 5 aromatic rings. The van der Waals surface area contributed by atoms with Gasteiger partial charge in [0.15, 0.2) is 0 Å². The minimum Gasteiger partial charge on any atom is -0.497 e. The minimum atomic E-state index is -0.0298. The first kappa shape index (κ1) is 19.0. The molecule has 0 N–H and O–H groups in total. The Hall–Kier alpha value is -3.70. The molecule has 32 heavy (non-hydrogen) atoms. The molecule has 1 aliphatic rings. The molecule has 0 fully saturated rings. The van der Waals surface area contributed by atoms with Crippen LogP contribution in [0.15, 0.2) is 89.4 Å². The third kappa shape index (κ3) is 2.82. The first-order valence-electron chi connectivity index (χ1n) is 10.2. The number of fused-ring (bicyclic) bond motifs is 2. The third-order valence-corrected chi connectivity index (χ3v) is 6.46. The van der Waals surface area contributed by atoms with Crippen LogP contribution >= 0.6 is 15.9 Å². The predicted molar refractivity (Wildman–Crippen MR) is 132 cm³/mol. The number of aromatic nitrogens is 1. The molecule has 0 unspecified atom stereocenters. The second kappa shape index (κ2) is 7.18. The van der Waals surface area contributed by atoms with Crippen LogP contribution in [0.5, 0.6) is 5.75 Å². The van der Waals surface area contributed by atoms with Crippen molar-refractivity contribution in [2.24, 2.45) is 0 Å².